The normalized spacial score (nSPS) is 20.6. The van der Waals surface area contributed by atoms with Crippen LogP contribution in [0, 0.1) is 0 Å². The highest BCUT2D eigenvalue weighted by Gasteiger charge is 2.33. The van der Waals surface area contributed by atoms with Crippen LogP contribution in [-0.4, -0.2) is 71.7 Å². The van der Waals surface area contributed by atoms with E-state index in [1.807, 2.05) is 0 Å². The number of nitrogens with zero attached hydrogens (tertiary/aromatic N) is 4. The number of nitrogens with one attached hydrogen (secondary N) is 1. The number of aromatic nitrogens is 2. The number of halogens is 1. The molecule has 2 aliphatic rings. The number of aliphatic hydroxyl groups is 1. The van der Waals surface area contributed by atoms with Gasteiger partial charge < -0.3 is 15.3 Å². The van der Waals surface area contributed by atoms with Gasteiger partial charge in [0.1, 0.15) is 4.47 Å². The zero-order chi connectivity index (χ0) is 14.8. The summed E-state index contributed by atoms with van der Waals surface area (Å²) in [6.45, 7) is 6.30. The minimum Gasteiger partial charge on any atom is -0.394 e. The number of piperazine rings is 1. The van der Waals surface area contributed by atoms with E-state index in [0.29, 0.717) is 10.5 Å². The lowest BCUT2D eigenvalue weighted by molar-refractivity contribution is 0.147. The maximum Gasteiger partial charge on any atom is 0.283 e. The summed E-state index contributed by atoms with van der Waals surface area (Å²) >= 11 is 3.37. The van der Waals surface area contributed by atoms with Gasteiger partial charge in [-0.3, -0.25) is 9.69 Å². The second-order valence-corrected chi connectivity index (χ2v) is 6.23. The summed E-state index contributed by atoms with van der Waals surface area (Å²) in [6.07, 6.45) is 1.70. The molecule has 1 aromatic rings. The lowest BCUT2D eigenvalue weighted by Gasteiger charge is -2.47. The molecule has 0 spiro atoms. The third kappa shape index (κ3) is 2.98. The van der Waals surface area contributed by atoms with Gasteiger partial charge >= 0.3 is 0 Å². The molecule has 0 bridgehead atoms. The van der Waals surface area contributed by atoms with Gasteiger partial charge in [-0.15, -0.1) is 0 Å². The standard InChI is InChI=1S/C13H20BrN5O2/c14-12-11(7-16-19(5-6-20)13(12)21)18-8-10(9-18)17-3-1-15-2-4-17/h7,10,15,20H,1-6,8-9H2. The van der Waals surface area contributed by atoms with Crippen LogP contribution in [0.4, 0.5) is 5.69 Å². The Hall–Kier alpha value is -0.960. The number of rotatable bonds is 4. The molecule has 0 atom stereocenters. The maximum absolute atomic E-state index is 12.1. The van der Waals surface area contributed by atoms with Gasteiger partial charge in [-0.05, 0) is 15.9 Å². The first-order chi connectivity index (χ1) is 10.2. The number of aliphatic hydroxyl groups excluding tert-OH is 1. The molecule has 2 aliphatic heterocycles. The Kier molecular flexibility index (Phi) is 4.58. The molecule has 3 heterocycles. The first-order valence-corrected chi connectivity index (χ1v) is 8.06. The third-order valence-corrected chi connectivity index (χ3v) is 4.89. The first kappa shape index (κ1) is 15.0. The highest BCUT2D eigenvalue weighted by atomic mass is 79.9. The predicted molar refractivity (Wildman–Crippen MR) is 83.7 cm³/mol. The average Bonchev–Trinajstić information content (AvgIpc) is 2.46. The van der Waals surface area contributed by atoms with Crippen molar-refractivity contribution in [2.45, 2.75) is 12.6 Å². The van der Waals surface area contributed by atoms with Crippen LogP contribution in [0.2, 0.25) is 0 Å². The predicted octanol–water partition coefficient (Wildman–Crippen LogP) is -0.908. The number of anilines is 1. The van der Waals surface area contributed by atoms with Gasteiger partial charge in [-0.25, -0.2) is 4.68 Å². The largest absolute Gasteiger partial charge is 0.394 e. The average molecular weight is 358 g/mol. The smallest absolute Gasteiger partial charge is 0.283 e. The van der Waals surface area contributed by atoms with Gasteiger partial charge in [0, 0.05) is 45.3 Å². The van der Waals surface area contributed by atoms with Crippen molar-refractivity contribution in [2.75, 3.05) is 50.8 Å². The summed E-state index contributed by atoms with van der Waals surface area (Å²) in [5, 5.41) is 16.4. The van der Waals surface area contributed by atoms with E-state index in [0.717, 1.165) is 45.0 Å². The molecule has 21 heavy (non-hydrogen) atoms. The summed E-state index contributed by atoms with van der Waals surface area (Å²) in [4.78, 5) is 16.8. The fourth-order valence-corrected chi connectivity index (χ4v) is 3.42. The molecule has 3 rings (SSSR count). The highest BCUT2D eigenvalue weighted by molar-refractivity contribution is 9.10. The first-order valence-electron chi connectivity index (χ1n) is 7.27. The van der Waals surface area contributed by atoms with E-state index >= 15 is 0 Å². The SMILES string of the molecule is O=c1c(Br)c(N2CC(N3CCNCC3)C2)cnn1CCO. The van der Waals surface area contributed by atoms with Gasteiger partial charge in [0.2, 0.25) is 0 Å². The molecule has 0 unspecified atom stereocenters. The van der Waals surface area contributed by atoms with Crippen molar-refractivity contribution in [1.82, 2.24) is 20.0 Å². The second kappa shape index (κ2) is 6.43. The van der Waals surface area contributed by atoms with Crippen LogP contribution in [0.25, 0.3) is 0 Å². The molecule has 0 aromatic carbocycles. The summed E-state index contributed by atoms with van der Waals surface area (Å²) in [6, 6.07) is 0.568. The Labute approximate surface area is 131 Å². The van der Waals surface area contributed by atoms with Crippen LogP contribution in [0.15, 0.2) is 15.5 Å². The Bertz CT molecular complexity index is 552. The zero-order valence-electron chi connectivity index (χ0n) is 11.8. The number of hydrogen-bond acceptors (Lipinski definition) is 6. The summed E-state index contributed by atoms with van der Waals surface area (Å²) in [5.74, 6) is 0. The van der Waals surface area contributed by atoms with E-state index in [1.54, 1.807) is 6.20 Å². The molecule has 7 nitrogen and oxygen atoms in total. The van der Waals surface area contributed by atoms with E-state index in [-0.39, 0.29) is 18.7 Å². The third-order valence-electron chi connectivity index (χ3n) is 4.15. The minimum absolute atomic E-state index is 0.0898. The van der Waals surface area contributed by atoms with Crippen molar-refractivity contribution in [3.63, 3.8) is 0 Å². The Morgan fingerprint density at radius 3 is 2.76 bits per heavy atom. The van der Waals surface area contributed by atoms with Crippen molar-refractivity contribution in [3.8, 4) is 0 Å². The van der Waals surface area contributed by atoms with Crippen LogP contribution >= 0.6 is 15.9 Å². The van der Waals surface area contributed by atoms with Crippen LogP contribution < -0.4 is 15.8 Å². The minimum atomic E-state index is -0.188. The molecule has 116 valence electrons. The zero-order valence-corrected chi connectivity index (χ0v) is 13.4. The van der Waals surface area contributed by atoms with Crippen molar-refractivity contribution >= 4 is 21.6 Å². The molecule has 0 saturated carbocycles. The van der Waals surface area contributed by atoms with Gasteiger partial charge in [-0.2, -0.15) is 5.10 Å². The lowest BCUT2D eigenvalue weighted by atomic mass is 10.1. The van der Waals surface area contributed by atoms with Crippen LogP contribution in [0.3, 0.4) is 0 Å². The van der Waals surface area contributed by atoms with Crippen molar-refractivity contribution in [3.05, 3.63) is 21.0 Å². The van der Waals surface area contributed by atoms with Crippen molar-refractivity contribution < 1.29 is 5.11 Å². The molecule has 0 aliphatic carbocycles. The van der Waals surface area contributed by atoms with Gasteiger partial charge in [0.25, 0.3) is 5.56 Å². The van der Waals surface area contributed by atoms with Crippen LogP contribution in [0.5, 0.6) is 0 Å². The second-order valence-electron chi connectivity index (χ2n) is 5.44. The molecule has 8 heteroatoms. The topological polar surface area (TPSA) is 73.6 Å². The van der Waals surface area contributed by atoms with Crippen molar-refractivity contribution in [1.29, 1.82) is 0 Å². The Balaban J connectivity index is 1.66. The fraction of sp³-hybridized carbons (Fsp3) is 0.692. The molecule has 0 radical (unpaired) electrons. The lowest BCUT2D eigenvalue weighted by Crippen LogP contribution is -2.63. The van der Waals surface area contributed by atoms with Crippen molar-refractivity contribution in [2.24, 2.45) is 0 Å². The summed E-state index contributed by atoms with van der Waals surface area (Å²) < 4.78 is 1.81. The van der Waals surface area contributed by atoms with Gasteiger partial charge in [0.05, 0.1) is 25.0 Å². The van der Waals surface area contributed by atoms with Crippen LogP contribution in [0.1, 0.15) is 0 Å². The van der Waals surface area contributed by atoms with E-state index in [1.165, 1.54) is 4.68 Å². The molecular weight excluding hydrogens is 338 g/mol. The Morgan fingerprint density at radius 1 is 1.38 bits per heavy atom. The van der Waals surface area contributed by atoms with E-state index in [2.05, 4.69) is 36.1 Å². The quantitative estimate of drug-likeness (QED) is 0.726. The van der Waals surface area contributed by atoms with Gasteiger partial charge in [0.15, 0.2) is 0 Å². The summed E-state index contributed by atoms with van der Waals surface area (Å²) in [5.41, 5.74) is 0.660. The molecule has 2 N–H and O–H groups in total. The molecule has 0 amide bonds. The monoisotopic (exact) mass is 357 g/mol. The molecule has 1 aromatic heterocycles. The number of hydrogen-bond donors (Lipinski definition) is 2. The van der Waals surface area contributed by atoms with E-state index in [4.69, 9.17) is 5.11 Å². The molecular formula is C13H20BrN5O2. The molecule has 2 saturated heterocycles. The van der Waals surface area contributed by atoms with Gasteiger partial charge in [-0.1, -0.05) is 0 Å². The summed E-state index contributed by atoms with van der Waals surface area (Å²) in [7, 11) is 0. The maximum atomic E-state index is 12.1. The van der Waals surface area contributed by atoms with E-state index in [9.17, 15) is 4.79 Å². The Morgan fingerprint density at radius 2 is 2.10 bits per heavy atom. The fourth-order valence-electron chi connectivity index (χ4n) is 2.86. The highest BCUT2D eigenvalue weighted by Crippen LogP contribution is 2.28. The van der Waals surface area contributed by atoms with Crippen LogP contribution in [-0.2, 0) is 6.54 Å². The van der Waals surface area contributed by atoms with E-state index < -0.39 is 0 Å². The molecule has 2 fully saturated rings.